The number of halogens is 1. The zero-order valence-electron chi connectivity index (χ0n) is 19.2. The number of hydrogen-bond acceptors (Lipinski definition) is 4. The van der Waals surface area contributed by atoms with Crippen LogP contribution in [0.15, 0.2) is 54.6 Å². The van der Waals surface area contributed by atoms with Crippen molar-refractivity contribution >= 4 is 5.91 Å². The first-order valence-corrected chi connectivity index (χ1v) is 11.6. The summed E-state index contributed by atoms with van der Waals surface area (Å²) in [5.41, 5.74) is 2.56. The Kier molecular flexibility index (Phi) is 7.40. The highest BCUT2D eigenvalue weighted by Crippen LogP contribution is 2.33. The van der Waals surface area contributed by atoms with Gasteiger partial charge in [0.1, 0.15) is 11.6 Å². The van der Waals surface area contributed by atoms with E-state index in [1.807, 2.05) is 49.1 Å². The minimum Gasteiger partial charge on any atom is -0.439 e. The van der Waals surface area contributed by atoms with Gasteiger partial charge in [-0.05, 0) is 55.7 Å². The van der Waals surface area contributed by atoms with Crippen LogP contribution in [0, 0.1) is 5.82 Å². The topological polar surface area (TPSA) is 56.6 Å². The van der Waals surface area contributed by atoms with Gasteiger partial charge in [-0.2, -0.15) is 5.10 Å². The standard InChI is InChI=1S/C26H30FN3O3/c1-3-24-23(18-29(25(31)4-2)17-22-11-8-16-32-22)26(33-21-14-12-19(27)13-15-21)30(28-24)20-9-6-5-7-10-20/h5-7,9-10,12-15,22H,3-4,8,11,16-18H2,1-2H3. The summed E-state index contributed by atoms with van der Waals surface area (Å²) in [6.07, 6.45) is 3.12. The first-order valence-electron chi connectivity index (χ1n) is 11.6. The van der Waals surface area contributed by atoms with Crippen molar-refractivity contribution in [2.24, 2.45) is 0 Å². The van der Waals surface area contributed by atoms with Gasteiger partial charge in [0.15, 0.2) is 0 Å². The van der Waals surface area contributed by atoms with Crippen LogP contribution in [-0.4, -0.2) is 39.8 Å². The molecule has 1 amide bonds. The molecule has 0 aliphatic carbocycles. The Morgan fingerprint density at radius 1 is 1.18 bits per heavy atom. The number of nitrogens with zero attached hydrogens (tertiary/aromatic N) is 3. The lowest BCUT2D eigenvalue weighted by Crippen LogP contribution is -2.36. The summed E-state index contributed by atoms with van der Waals surface area (Å²) in [6, 6.07) is 15.6. The molecular weight excluding hydrogens is 421 g/mol. The second kappa shape index (κ2) is 10.6. The molecule has 3 aromatic rings. The average molecular weight is 452 g/mol. The Balaban J connectivity index is 1.74. The fourth-order valence-electron chi connectivity index (χ4n) is 4.09. The molecule has 4 rings (SSSR count). The SMILES string of the molecule is CCC(=O)N(Cc1c(CC)nn(-c2ccccc2)c1Oc1ccc(F)cc1)CC1CCCO1. The van der Waals surface area contributed by atoms with Crippen molar-refractivity contribution in [2.75, 3.05) is 13.2 Å². The van der Waals surface area contributed by atoms with E-state index in [4.69, 9.17) is 14.6 Å². The summed E-state index contributed by atoms with van der Waals surface area (Å²) in [5, 5.41) is 4.83. The molecule has 33 heavy (non-hydrogen) atoms. The molecule has 1 atom stereocenters. The minimum absolute atomic E-state index is 0.0520. The summed E-state index contributed by atoms with van der Waals surface area (Å²) in [6.45, 7) is 5.56. The average Bonchev–Trinajstić information content (AvgIpc) is 3.48. The zero-order valence-corrected chi connectivity index (χ0v) is 19.2. The van der Waals surface area contributed by atoms with Crippen LogP contribution in [0.1, 0.15) is 44.4 Å². The molecule has 0 spiro atoms. The summed E-state index contributed by atoms with van der Waals surface area (Å²) in [5.74, 6) is 0.771. The molecule has 1 unspecified atom stereocenters. The molecule has 2 aromatic carbocycles. The molecule has 1 aliphatic rings. The van der Waals surface area contributed by atoms with Gasteiger partial charge in [0.2, 0.25) is 11.8 Å². The third-order valence-electron chi connectivity index (χ3n) is 5.84. The van der Waals surface area contributed by atoms with Gasteiger partial charge in [0.05, 0.1) is 29.6 Å². The molecule has 7 heteroatoms. The van der Waals surface area contributed by atoms with E-state index in [1.54, 1.807) is 16.8 Å². The van der Waals surface area contributed by atoms with Gasteiger partial charge in [0.25, 0.3) is 0 Å². The van der Waals surface area contributed by atoms with Gasteiger partial charge in [-0.25, -0.2) is 9.07 Å². The number of rotatable bonds is 9. The van der Waals surface area contributed by atoms with Crippen LogP contribution in [0.4, 0.5) is 4.39 Å². The lowest BCUT2D eigenvalue weighted by Gasteiger charge is -2.25. The number of amides is 1. The van der Waals surface area contributed by atoms with Crippen molar-refractivity contribution in [3.63, 3.8) is 0 Å². The van der Waals surface area contributed by atoms with Crippen molar-refractivity contribution in [1.82, 2.24) is 14.7 Å². The first kappa shape index (κ1) is 23.0. The largest absolute Gasteiger partial charge is 0.439 e. The lowest BCUT2D eigenvalue weighted by atomic mass is 10.1. The number of carbonyl (C=O) groups excluding carboxylic acids is 1. The van der Waals surface area contributed by atoms with Crippen molar-refractivity contribution < 1.29 is 18.7 Å². The Bertz CT molecular complexity index is 1060. The van der Waals surface area contributed by atoms with E-state index in [1.165, 1.54) is 12.1 Å². The molecule has 0 saturated carbocycles. The second-order valence-corrected chi connectivity index (χ2v) is 8.15. The molecule has 6 nitrogen and oxygen atoms in total. The fourth-order valence-corrected chi connectivity index (χ4v) is 4.09. The maximum Gasteiger partial charge on any atom is 0.227 e. The summed E-state index contributed by atoms with van der Waals surface area (Å²) in [7, 11) is 0. The van der Waals surface area contributed by atoms with Crippen LogP contribution in [0.2, 0.25) is 0 Å². The third kappa shape index (κ3) is 5.42. The zero-order chi connectivity index (χ0) is 23.2. The van der Waals surface area contributed by atoms with Crippen LogP contribution < -0.4 is 4.74 Å². The first-order chi connectivity index (χ1) is 16.1. The number of aromatic nitrogens is 2. The molecule has 1 saturated heterocycles. The van der Waals surface area contributed by atoms with Crippen LogP contribution >= 0.6 is 0 Å². The van der Waals surface area contributed by atoms with E-state index >= 15 is 0 Å². The van der Waals surface area contributed by atoms with Crippen molar-refractivity contribution in [2.45, 2.75) is 52.2 Å². The monoisotopic (exact) mass is 451 g/mol. The second-order valence-electron chi connectivity index (χ2n) is 8.15. The van der Waals surface area contributed by atoms with Gasteiger partial charge in [-0.15, -0.1) is 0 Å². The normalized spacial score (nSPS) is 15.5. The molecule has 2 heterocycles. The van der Waals surface area contributed by atoms with Crippen molar-refractivity contribution in [1.29, 1.82) is 0 Å². The van der Waals surface area contributed by atoms with Crippen molar-refractivity contribution in [3.8, 4) is 17.3 Å². The Hall–Kier alpha value is -3.19. The van der Waals surface area contributed by atoms with Crippen LogP contribution in [0.5, 0.6) is 11.6 Å². The fraction of sp³-hybridized carbons (Fsp3) is 0.385. The Labute approximate surface area is 193 Å². The van der Waals surface area contributed by atoms with Crippen LogP contribution in [-0.2, 0) is 22.5 Å². The summed E-state index contributed by atoms with van der Waals surface area (Å²) in [4.78, 5) is 14.7. The smallest absolute Gasteiger partial charge is 0.227 e. The van der Waals surface area contributed by atoms with Gasteiger partial charge in [0, 0.05) is 19.6 Å². The predicted octanol–water partition coefficient (Wildman–Crippen LogP) is 5.28. The van der Waals surface area contributed by atoms with E-state index in [0.717, 1.165) is 36.4 Å². The Morgan fingerprint density at radius 2 is 1.94 bits per heavy atom. The lowest BCUT2D eigenvalue weighted by molar-refractivity contribution is -0.133. The quantitative estimate of drug-likeness (QED) is 0.444. The summed E-state index contributed by atoms with van der Waals surface area (Å²) >= 11 is 0. The highest BCUT2D eigenvalue weighted by Gasteiger charge is 2.27. The Morgan fingerprint density at radius 3 is 2.58 bits per heavy atom. The third-order valence-corrected chi connectivity index (χ3v) is 5.84. The number of para-hydroxylation sites is 1. The number of hydrogen-bond donors (Lipinski definition) is 0. The van der Waals surface area contributed by atoms with Gasteiger partial charge < -0.3 is 14.4 Å². The molecule has 174 valence electrons. The highest BCUT2D eigenvalue weighted by atomic mass is 19.1. The number of ether oxygens (including phenoxy) is 2. The predicted molar refractivity (Wildman–Crippen MR) is 124 cm³/mol. The molecule has 0 N–H and O–H groups in total. The van der Waals surface area contributed by atoms with E-state index in [9.17, 15) is 9.18 Å². The number of aryl methyl sites for hydroxylation is 1. The molecule has 0 bridgehead atoms. The van der Waals surface area contributed by atoms with Gasteiger partial charge >= 0.3 is 0 Å². The van der Waals surface area contributed by atoms with Gasteiger partial charge in [-0.1, -0.05) is 32.0 Å². The summed E-state index contributed by atoms with van der Waals surface area (Å²) < 4.78 is 27.3. The molecule has 1 aromatic heterocycles. The molecule has 1 aliphatic heterocycles. The number of benzene rings is 2. The van der Waals surface area contributed by atoms with E-state index in [-0.39, 0.29) is 17.8 Å². The molecular formula is C26H30FN3O3. The molecule has 0 radical (unpaired) electrons. The van der Waals surface area contributed by atoms with Crippen LogP contribution in [0.3, 0.4) is 0 Å². The maximum absolute atomic E-state index is 13.5. The number of carbonyl (C=O) groups is 1. The van der Waals surface area contributed by atoms with Crippen molar-refractivity contribution in [3.05, 3.63) is 71.7 Å². The minimum atomic E-state index is -0.329. The van der Waals surface area contributed by atoms with E-state index < -0.39 is 0 Å². The van der Waals surface area contributed by atoms with E-state index in [0.29, 0.717) is 37.6 Å². The molecule has 1 fully saturated rings. The maximum atomic E-state index is 13.5. The van der Waals surface area contributed by atoms with Crippen LogP contribution in [0.25, 0.3) is 5.69 Å². The van der Waals surface area contributed by atoms with E-state index in [2.05, 4.69) is 0 Å². The van der Waals surface area contributed by atoms with Gasteiger partial charge in [-0.3, -0.25) is 4.79 Å². The highest BCUT2D eigenvalue weighted by molar-refractivity contribution is 5.76.